The first kappa shape index (κ1) is 18.0. The number of carbonyl (C=O) groups is 2. The summed E-state index contributed by atoms with van der Waals surface area (Å²) in [6.07, 6.45) is -0.108. The number of benzene rings is 1. The molecule has 3 rings (SSSR count). The number of carbonyl (C=O) groups excluding carboxylic acids is 1. The van der Waals surface area contributed by atoms with Gasteiger partial charge in [0.15, 0.2) is 11.5 Å². The predicted octanol–water partition coefficient (Wildman–Crippen LogP) is 2.63. The second-order valence-electron chi connectivity index (χ2n) is 5.26. The molecule has 0 aliphatic rings. The molecule has 0 saturated carbocycles. The first-order valence-corrected chi connectivity index (χ1v) is 7.33. The number of anilines is 1. The summed E-state index contributed by atoms with van der Waals surface area (Å²) < 4.78 is 40.1. The molecule has 2 N–H and O–H groups in total. The Kier molecular flexibility index (Phi) is 4.59. The topological polar surface area (TPSA) is 110 Å². The zero-order valence-electron chi connectivity index (χ0n) is 13.3. The van der Waals surface area contributed by atoms with Gasteiger partial charge in [0.05, 0.1) is 16.8 Å². The maximum absolute atomic E-state index is 12.9. The van der Waals surface area contributed by atoms with Gasteiger partial charge in [-0.15, -0.1) is 10.2 Å². The number of rotatable bonds is 4. The molecule has 27 heavy (non-hydrogen) atoms. The number of aromatic carboxylic acids is 1. The number of halogens is 3. The number of imidazole rings is 1. The minimum atomic E-state index is -4.69. The van der Waals surface area contributed by atoms with Gasteiger partial charge in [-0.3, -0.25) is 9.36 Å². The van der Waals surface area contributed by atoms with E-state index in [0.29, 0.717) is 18.0 Å². The van der Waals surface area contributed by atoms with E-state index in [-0.39, 0.29) is 5.69 Å². The number of nitrogens with one attached hydrogen (secondary N) is 1. The summed E-state index contributed by atoms with van der Waals surface area (Å²) in [4.78, 5) is 27.3. The molecule has 11 heteroatoms. The fourth-order valence-electron chi connectivity index (χ4n) is 2.18. The number of carboxylic acids is 1. The standard InChI is InChI=1S/C16H10F3N5O3/c17-16(18,19)9-1-2-10(15(26)27)12(7-9)21-14(25)11-3-4-13(23-22-11)24-6-5-20-8-24/h1-8H,(H,21,25)(H,26,27). The Balaban J connectivity index is 1.87. The van der Waals surface area contributed by atoms with Crippen LogP contribution in [0.15, 0.2) is 49.1 Å². The fraction of sp³-hybridized carbons (Fsp3) is 0.0625. The molecular formula is C16H10F3N5O3. The third-order valence-corrected chi connectivity index (χ3v) is 3.48. The van der Waals surface area contributed by atoms with Crippen molar-refractivity contribution < 1.29 is 27.9 Å². The van der Waals surface area contributed by atoms with Gasteiger partial charge in [0.25, 0.3) is 5.91 Å². The van der Waals surface area contributed by atoms with Crippen molar-refractivity contribution in [3.05, 3.63) is 65.9 Å². The molecule has 0 saturated heterocycles. The first-order chi connectivity index (χ1) is 12.8. The lowest BCUT2D eigenvalue weighted by molar-refractivity contribution is -0.137. The lowest BCUT2D eigenvalue weighted by Gasteiger charge is -2.12. The SMILES string of the molecule is O=C(Nc1cc(C(F)(F)F)ccc1C(=O)O)c1ccc(-n2ccnc2)nn1. The summed E-state index contributed by atoms with van der Waals surface area (Å²) in [5.41, 5.74) is -2.28. The molecular weight excluding hydrogens is 367 g/mol. The van der Waals surface area contributed by atoms with Crippen molar-refractivity contribution in [3.63, 3.8) is 0 Å². The molecule has 0 radical (unpaired) electrons. The van der Waals surface area contributed by atoms with Crippen molar-refractivity contribution in [1.29, 1.82) is 0 Å². The van der Waals surface area contributed by atoms with Gasteiger partial charge >= 0.3 is 12.1 Å². The molecule has 2 aromatic heterocycles. The predicted molar refractivity (Wildman–Crippen MR) is 85.5 cm³/mol. The summed E-state index contributed by atoms with van der Waals surface area (Å²) in [6, 6.07) is 4.70. The highest BCUT2D eigenvalue weighted by molar-refractivity contribution is 6.06. The van der Waals surface area contributed by atoms with E-state index in [4.69, 9.17) is 5.11 Å². The normalized spacial score (nSPS) is 11.2. The van der Waals surface area contributed by atoms with Crippen LogP contribution in [0.5, 0.6) is 0 Å². The van der Waals surface area contributed by atoms with E-state index >= 15 is 0 Å². The van der Waals surface area contributed by atoms with Crippen LogP contribution >= 0.6 is 0 Å². The second kappa shape index (κ2) is 6.86. The zero-order chi connectivity index (χ0) is 19.6. The lowest BCUT2D eigenvalue weighted by atomic mass is 10.1. The Morgan fingerprint density at radius 1 is 1.11 bits per heavy atom. The van der Waals surface area contributed by atoms with Crippen molar-refractivity contribution in [3.8, 4) is 5.82 Å². The van der Waals surface area contributed by atoms with Gasteiger partial charge < -0.3 is 10.4 Å². The number of nitrogens with zero attached hydrogens (tertiary/aromatic N) is 4. The maximum atomic E-state index is 12.9. The highest BCUT2D eigenvalue weighted by Gasteiger charge is 2.32. The van der Waals surface area contributed by atoms with Gasteiger partial charge in [-0.05, 0) is 30.3 Å². The van der Waals surface area contributed by atoms with Gasteiger partial charge in [0.1, 0.15) is 6.33 Å². The van der Waals surface area contributed by atoms with Crippen LogP contribution < -0.4 is 5.32 Å². The van der Waals surface area contributed by atoms with Crippen LogP contribution in [0.25, 0.3) is 5.82 Å². The molecule has 0 fully saturated rings. The molecule has 138 valence electrons. The van der Waals surface area contributed by atoms with E-state index < -0.39 is 34.9 Å². The average molecular weight is 377 g/mol. The number of hydrogen-bond donors (Lipinski definition) is 2. The van der Waals surface area contributed by atoms with Crippen molar-refractivity contribution >= 4 is 17.6 Å². The minimum Gasteiger partial charge on any atom is -0.478 e. The Morgan fingerprint density at radius 2 is 1.89 bits per heavy atom. The third-order valence-electron chi connectivity index (χ3n) is 3.48. The second-order valence-corrected chi connectivity index (χ2v) is 5.26. The summed E-state index contributed by atoms with van der Waals surface area (Å²) in [5, 5.41) is 18.8. The molecule has 0 aliphatic carbocycles. The Bertz CT molecular complexity index is 986. The molecule has 1 aromatic carbocycles. The van der Waals surface area contributed by atoms with E-state index in [1.54, 1.807) is 6.20 Å². The Hall–Kier alpha value is -3.76. The maximum Gasteiger partial charge on any atom is 0.416 e. The van der Waals surface area contributed by atoms with Crippen molar-refractivity contribution in [2.75, 3.05) is 5.32 Å². The summed E-state index contributed by atoms with van der Waals surface area (Å²) in [7, 11) is 0. The van der Waals surface area contributed by atoms with Gasteiger partial charge in [-0.2, -0.15) is 13.2 Å². The highest BCUT2D eigenvalue weighted by atomic mass is 19.4. The highest BCUT2D eigenvalue weighted by Crippen LogP contribution is 2.32. The smallest absolute Gasteiger partial charge is 0.416 e. The monoisotopic (exact) mass is 377 g/mol. The lowest BCUT2D eigenvalue weighted by Crippen LogP contribution is -2.18. The number of aromatic nitrogens is 4. The number of alkyl halides is 3. The third kappa shape index (κ3) is 3.92. The van der Waals surface area contributed by atoms with Gasteiger partial charge in [0, 0.05) is 12.4 Å². The Morgan fingerprint density at radius 3 is 2.44 bits per heavy atom. The molecule has 2 heterocycles. The van der Waals surface area contributed by atoms with Gasteiger partial charge in [0.2, 0.25) is 0 Å². The first-order valence-electron chi connectivity index (χ1n) is 7.33. The molecule has 0 atom stereocenters. The van der Waals surface area contributed by atoms with Crippen LogP contribution in [0.3, 0.4) is 0 Å². The Labute approximate surface area is 149 Å². The molecule has 0 spiro atoms. The van der Waals surface area contributed by atoms with Crippen molar-refractivity contribution in [2.24, 2.45) is 0 Å². The summed E-state index contributed by atoms with van der Waals surface area (Å²) >= 11 is 0. The van der Waals surface area contributed by atoms with Crippen LogP contribution in [0.4, 0.5) is 18.9 Å². The zero-order valence-corrected chi connectivity index (χ0v) is 13.3. The van der Waals surface area contributed by atoms with E-state index in [0.717, 1.165) is 6.07 Å². The number of carboxylic acid groups (broad SMARTS) is 1. The van der Waals surface area contributed by atoms with Crippen LogP contribution in [0.1, 0.15) is 26.4 Å². The van der Waals surface area contributed by atoms with Crippen molar-refractivity contribution in [2.45, 2.75) is 6.18 Å². The van der Waals surface area contributed by atoms with Crippen LogP contribution in [-0.2, 0) is 6.18 Å². The molecule has 0 unspecified atom stereocenters. The molecule has 1 amide bonds. The minimum absolute atomic E-state index is 0.201. The summed E-state index contributed by atoms with van der Waals surface area (Å²) in [5.74, 6) is -2.02. The van der Waals surface area contributed by atoms with Crippen LogP contribution in [-0.4, -0.2) is 36.7 Å². The van der Waals surface area contributed by atoms with Gasteiger partial charge in [-0.1, -0.05) is 0 Å². The van der Waals surface area contributed by atoms with Crippen molar-refractivity contribution in [1.82, 2.24) is 19.7 Å². The van der Waals surface area contributed by atoms with Gasteiger partial charge in [-0.25, -0.2) is 9.78 Å². The number of hydrogen-bond acceptors (Lipinski definition) is 5. The number of amides is 1. The average Bonchev–Trinajstić information content (AvgIpc) is 3.15. The van der Waals surface area contributed by atoms with Crippen LogP contribution in [0, 0.1) is 0 Å². The summed E-state index contributed by atoms with van der Waals surface area (Å²) in [6.45, 7) is 0. The van der Waals surface area contributed by atoms with Crippen LogP contribution in [0.2, 0.25) is 0 Å². The molecule has 0 bridgehead atoms. The molecule has 3 aromatic rings. The van der Waals surface area contributed by atoms with E-state index in [9.17, 15) is 22.8 Å². The van der Waals surface area contributed by atoms with E-state index in [2.05, 4.69) is 20.5 Å². The molecule has 8 nitrogen and oxygen atoms in total. The quantitative estimate of drug-likeness (QED) is 0.723. The van der Waals surface area contributed by atoms with E-state index in [1.165, 1.54) is 29.2 Å². The largest absolute Gasteiger partial charge is 0.478 e. The van der Waals surface area contributed by atoms with E-state index in [1.807, 2.05) is 0 Å². The molecule has 0 aliphatic heterocycles. The fourth-order valence-corrected chi connectivity index (χ4v) is 2.18.